The minimum absolute atomic E-state index is 0.103. The highest BCUT2D eigenvalue weighted by Crippen LogP contribution is 2.17. The van der Waals surface area contributed by atoms with Crippen molar-refractivity contribution in [3.8, 4) is 0 Å². The molecule has 0 saturated heterocycles. The van der Waals surface area contributed by atoms with E-state index >= 15 is 0 Å². The van der Waals surface area contributed by atoms with E-state index in [-0.39, 0.29) is 5.91 Å². The van der Waals surface area contributed by atoms with Gasteiger partial charge in [0, 0.05) is 19.6 Å². The quantitative estimate of drug-likeness (QED) is 0.497. The van der Waals surface area contributed by atoms with E-state index < -0.39 is 0 Å². The van der Waals surface area contributed by atoms with Crippen molar-refractivity contribution in [1.29, 1.82) is 0 Å². The first-order valence-corrected chi connectivity index (χ1v) is 8.81. The molecule has 0 aromatic carbocycles. The zero-order valence-corrected chi connectivity index (χ0v) is 15.8. The molecular weight excluding hydrogens is 294 g/mol. The molecule has 0 aliphatic carbocycles. The van der Waals surface area contributed by atoms with Crippen molar-refractivity contribution >= 4 is 5.91 Å². The summed E-state index contributed by atoms with van der Waals surface area (Å²) in [7, 11) is 0. The Morgan fingerprint density at radius 1 is 0.913 bits per heavy atom. The van der Waals surface area contributed by atoms with Crippen molar-refractivity contribution in [1.82, 2.24) is 5.32 Å². The number of hydrogen-bond acceptors (Lipinski definition) is 4. The predicted molar refractivity (Wildman–Crippen MR) is 93.6 cm³/mol. The van der Waals surface area contributed by atoms with E-state index in [1.807, 2.05) is 0 Å². The molecule has 0 aliphatic rings. The highest BCUT2D eigenvalue weighted by atomic mass is 16.5. The van der Waals surface area contributed by atoms with Gasteiger partial charge in [0.05, 0.1) is 33.0 Å². The van der Waals surface area contributed by atoms with Gasteiger partial charge in [0.15, 0.2) is 0 Å². The van der Waals surface area contributed by atoms with Gasteiger partial charge < -0.3 is 19.5 Å². The van der Waals surface area contributed by atoms with Crippen LogP contribution in [-0.2, 0) is 19.0 Å². The number of carbonyl (C=O) groups excluding carboxylic acids is 1. The molecule has 0 atom stereocenters. The van der Waals surface area contributed by atoms with Gasteiger partial charge in [-0.15, -0.1) is 0 Å². The Bertz CT molecular complexity index is 287. The molecule has 0 spiro atoms. The van der Waals surface area contributed by atoms with E-state index in [2.05, 4.69) is 39.9 Å². The summed E-state index contributed by atoms with van der Waals surface area (Å²) in [4.78, 5) is 11.5. The lowest BCUT2D eigenvalue weighted by Crippen LogP contribution is -2.27. The smallest absolute Gasteiger partial charge is 0.220 e. The van der Waals surface area contributed by atoms with E-state index in [9.17, 15) is 4.79 Å². The fraction of sp³-hybridized carbons (Fsp3) is 0.944. The maximum Gasteiger partial charge on any atom is 0.220 e. The fourth-order valence-corrected chi connectivity index (χ4v) is 1.69. The van der Waals surface area contributed by atoms with Crippen LogP contribution < -0.4 is 5.32 Å². The zero-order chi connectivity index (χ0) is 17.6. The van der Waals surface area contributed by atoms with Gasteiger partial charge in [-0.25, -0.2) is 0 Å². The number of hydrogen-bond donors (Lipinski definition) is 1. The van der Waals surface area contributed by atoms with Crippen LogP contribution in [0.4, 0.5) is 0 Å². The normalized spacial score (nSPS) is 11.9. The molecule has 0 aromatic heterocycles. The molecule has 1 N–H and O–H groups in total. The first-order chi connectivity index (χ1) is 10.8. The van der Waals surface area contributed by atoms with Gasteiger partial charge in [0.25, 0.3) is 0 Å². The topological polar surface area (TPSA) is 56.8 Å². The highest BCUT2D eigenvalue weighted by molar-refractivity contribution is 5.75. The van der Waals surface area contributed by atoms with Crippen LogP contribution in [0.15, 0.2) is 0 Å². The molecule has 0 bridgehead atoms. The lowest BCUT2D eigenvalue weighted by molar-refractivity contribution is -0.121. The summed E-state index contributed by atoms with van der Waals surface area (Å²) >= 11 is 0. The Labute approximate surface area is 142 Å². The standard InChI is InChI=1S/C18H37NO4/c1-16(2)6-7-17(20)19-9-11-22-13-15-23-14-12-21-10-8-18(3,4)5/h16H,6-15H2,1-5H3,(H,19,20). The summed E-state index contributed by atoms with van der Waals surface area (Å²) in [6.07, 6.45) is 2.58. The van der Waals surface area contributed by atoms with Crippen molar-refractivity contribution in [2.75, 3.05) is 46.2 Å². The molecule has 0 radical (unpaired) electrons. The lowest BCUT2D eigenvalue weighted by Gasteiger charge is -2.17. The van der Waals surface area contributed by atoms with E-state index in [0.717, 1.165) is 19.4 Å². The third kappa shape index (κ3) is 19.3. The minimum atomic E-state index is 0.103. The predicted octanol–water partition coefficient (Wildman–Crippen LogP) is 3.02. The van der Waals surface area contributed by atoms with Gasteiger partial charge in [-0.05, 0) is 24.2 Å². The molecule has 0 rings (SSSR count). The molecular formula is C18H37NO4. The highest BCUT2D eigenvalue weighted by Gasteiger charge is 2.08. The van der Waals surface area contributed by atoms with Crippen LogP contribution in [-0.4, -0.2) is 52.1 Å². The van der Waals surface area contributed by atoms with Crippen LogP contribution in [0.25, 0.3) is 0 Å². The van der Waals surface area contributed by atoms with Crippen molar-refractivity contribution < 1.29 is 19.0 Å². The van der Waals surface area contributed by atoms with Crippen molar-refractivity contribution in [2.45, 2.75) is 53.9 Å². The maximum atomic E-state index is 11.5. The molecule has 0 aliphatic heterocycles. The van der Waals surface area contributed by atoms with Crippen molar-refractivity contribution in [3.63, 3.8) is 0 Å². The van der Waals surface area contributed by atoms with E-state index in [1.165, 1.54) is 0 Å². The molecule has 5 heteroatoms. The number of nitrogens with one attached hydrogen (secondary N) is 1. The number of rotatable bonds is 14. The summed E-state index contributed by atoms with van der Waals surface area (Å²) in [5, 5.41) is 2.85. The lowest BCUT2D eigenvalue weighted by atomic mass is 9.93. The molecule has 0 unspecified atom stereocenters. The summed E-state index contributed by atoms with van der Waals surface area (Å²) in [6.45, 7) is 15.0. The Hall–Kier alpha value is -0.650. The molecule has 0 aromatic rings. The van der Waals surface area contributed by atoms with Gasteiger partial charge in [0.2, 0.25) is 5.91 Å². The molecule has 0 saturated carbocycles. The Morgan fingerprint density at radius 3 is 1.96 bits per heavy atom. The van der Waals surface area contributed by atoms with Crippen LogP contribution >= 0.6 is 0 Å². The maximum absolute atomic E-state index is 11.5. The van der Waals surface area contributed by atoms with Crippen LogP contribution in [0.2, 0.25) is 0 Å². The van der Waals surface area contributed by atoms with E-state index in [4.69, 9.17) is 14.2 Å². The average Bonchev–Trinajstić information content (AvgIpc) is 2.45. The zero-order valence-electron chi connectivity index (χ0n) is 15.8. The summed E-state index contributed by atoms with van der Waals surface area (Å²) in [5.41, 5.74) is 0.318. The van der Waals surface area contributed by atoms with Crippen LogP contribution in [0, 0.1) is 11.3 Å². The number of carbonyl (C=O) groups is 1. The molecule has 0 heterocycles. The Morgan fingerprint density at radius 2 is 1.43 bits per heavy atom. The Kier molecular flexibility index (Phi) is 13.4. The molecule has 1 amide bonds. The minimum Gasteiger partial charge on any atom is -0.379 e. The average molecular weight is 331 g/mol. The molecule has 138 valence electrons. The Balaban J connectivity index is 3.18. The first kappa shape index (κ1) is 22.4. The fourth-order valence-electron chi connectivity index (χ4n) is 1.69. The van der Waals surface area contributed by atoms with Gasteiger partial charge in [-0.2, -0.15) is 0 Å². The number of amides is 1. The molecule has 0 fully saturated rings. The van der Waals surface area contributed by atoms with Crippen LogP contribution in [0.5, 0.6) is 0 Å². The van der Waals surface area contributed by atoms with Gasteiger partial charge in [-0.1, -0.05) is 34.6 Å². The third-order valence-corrected chi connectivity index (χ3v) is 3.26. The largest absolute Gasteiger partial charge is 0.379 e. The van der Waals surface area contributed by atoms with Gasteiger partial charge >= 0.3 is 0 Å². The second-order valence-corrected chi connectivity index (χ2v) is 7.43. The second kappa shape index (κ2) is 13.8. The number of ether oxygens (including phenoxy) is 3. The SMILES string of the molecule is CC(C)CCC(=O)NCCOCCOCCOCCC(C)(C)C. The summed E-state index contributed by atoms with van der Waals surface area (Å²) in [6, 6.07) is 0. The van der Waals surface area contributed by atoms with E-state index in [1.54, 1.807) is 0 Å². The van der Waals surface area contributed by atoms with Crippen molar-refractivity contribution in [2.24, 2.45) is 11.3 Å². The summed E-state index contributed by atoms with van der Waals surface area (Å²) in [5.74, 6) is 0.664. The second-order valence-electron chi connectivity index (χ2n) is 7.43. The van der Waals surface area contributed by atoms with Gasteiger partial charge in [0.1, 0.15) is 0 Å². The van der Waals surface area contributed by atoms with E-state index in [0.29, 0.717) is 57.3 Å². The molecule has 5 nitrogen and oxygen atoms in total. The van der Waals surface area contributed by atoms with Crippen molar-refractivity contribution in [3.05, 3.63) is 0 Å². The van der Waals surface area contributed by atoms with Crippen LogP contribution in [0.1, 0.15) is 53.9 Å². The van der Waals surface area contributed by atoms with Crippen LogP contribution in [0.3, 0.4) is 0 Å². The third-order valence-electron chi connectivity index (χ3n) is 3.26. The van der Waals surface area contributed by atoms with Gasteiger partial charge in [-0.3, -0.25) is 4.79 Å². The molecule has 23 heavy (non-hydrogen) atoms. The monoisotopic (exact) mass is 331 g/mol. The summed E-state index contributed by atoms with van der Waals surface area (Å²) < 4.78 is 16.3. The first-order valence-electron chi connectivity index (χ1n) is 8.81.